The summed E-state index contributed by atoms with van der Waals surface area (Å²) in [5, 5.41) is 2.97. The molecule has 1 saturated heterocycles. The second-order valence-electron chi connectivity index (χ2n) is 7.42. The maximum atomic E-state index is 13.2. The molecule has 0 atom stereocenters. The van der Waals surface area contributed by atoms with Crippen LogP contribution in [0.4, 0.5) is 10.5 Å². The summed E-state index contributed by atoms with van der Waals surface area (Å²) < 4.78 is 1.65. The van der Waals surface area contributed by atoms with Gasteiger partial charge in [-0.15, -0.1) is 0 Å². The van der Waals surface area contributed by atoms with E-state index in [2.05, 4.69) is 5.32 Å². The molecule has 156 valence electrons. The highest BCUT2D eigenvalue weighted by Crippen LogP contribution is 2.27. The van der Waals surface area contributed by atoms with Crippen molar-refractivity contribution < 1.29 is 19.2 Å². The molecule has 0 unspecified atom stereocenters. The monoisotopic (exact) mass is 416 g/mol. The summed E-state index contributed by atoms with van der Waals surface area (Å²) in [5.74, 6) is -2.01. The van der Waals surface area contributed by atoms with Gasteiger partial charge in [0.1, 0.15) is 12.1 Å². The Bertz CT molecular complexity index is 1300. The fourth-order valence-electron chi connectivity index (χ4n) is 3.60. The van der Waals surface area contributed by atoms with E-state index in [-0.39, 0.29) is 12.1 Å². The summed E-state index contributed by atoms with van der Waals surface area (Å²) in [6.07, 6.45) is 3.08. The van der Waals surface area contributed by atoms with E-state index < -0.39 is 23.8 Å². The number of para-hydroxylation sites is 1. The fraction of sp³-hybridized carbons (Fsp3) is 0.130. The van der Waals surface area contributed by atoms with E-state index in [1.54, 1.807) is 22.9 Å². The van der Waals surface area contributed by atoms with Gasteiger partial charge in [-0.1, -0.05) is 24.3 Å². The third-order valence-corrected chi connectivity index (χ3v) is 5.30. The molecule has 1 fully saturated rings. The van der Waals surface area contributed by atoms with Crippen molar-refractivity contribution in [3.8, 4) is 0 Å². The number of urea groups is 1. The van der Waals surface area contributed by atoms with Crippen molar-refractivity contribution in [2.45, 2.75) is 20.4 Å². The first-order valence-corrected chi connectivity index (χ1v) is 9.61. The highest BCUT2D eigenvalue weighted by Gasteiger charge is 2.37. The van der Waals surface area contributed by atoms with Crippen molar-refractivity contribution in [2.24, 2.45) is 5.73 Å². The number of nitrogens with one attached hydrogen (secondary N) is 1. The third-order valence-electron chi connectivity index (χ3n) is 5.30. The Balaban J connectivity index is 1.81. The van der Waals surface area contributed by atoms with Crippen LogP contribution in [0.3, 0.4) is 0 Å². The van der Waals surface area contributed by atoms with Crippen molar-refractivity contribution in [3.05, 3.63) is 70.9 Å². The molecule has 31 heavy (non-hydrogen) atoms. The maximum absolute atomic E-state index is 13.2. The lowest BCUT2D eigenvalue weighted by atomic mass is 10.0. The Labute approximate surface area is 177 Å². The third kappa shape index (κ3) is 3.59. The Kier molecular flexibility index (Phi) is 4.90. The van der Waals surface area contributed by atoms with Crippen LogP contribution < -0.4 is 16.0 Å². The van der Waals surface area contributed by atoms with Gasteiger partial charge in [-0.2, -0.15) is 0 Å². The Morgan fingerprint density at radius 3 is 2.52 bits per heavy atom. The molecule has 0 saturated carbocycles. The van der Waals surface area contributed by atoms with Gasteiger partial charge in [-0.25, -0.2) is 9.69 Å². The molecule has 8 heteroatoms. The number of benzene rings is 2. The van der Waals surface area contributed by atoms with E-state index in [0.29, 0.717) is 11.3 Å². The summed E-state index contributed by atoms with van der Waals surface area (Å²) in [4.78, 5) is 50.5. The van der Waals surface area contributed by atoms with E-state index in [0.717, 1.165) is 26.9 Å². The van der Waals surface area contributed by atoms with E-state index >= 15 is 0 Å². The molecule has 3 aromatic rings. The second kappa shape index (κ2) is 7.56. The van der Waals surface area contributed by atoms with Crippen molar-refractivity contribution in [1.29, 1.82) is 0 Å². The highest BCUT2D eigenvalue weighted by atomic mass is 16.2. The summed E-state index contributed by atoms with van der Waals surface area (Å²) in [6.45, 7) is 3.76. The minimum Gasteiger partial charge on any atom is -0.368 e. The molecule has 1 aliphatic heterocycles. The standard InChI is InChI=1S/C23H20N4O4/c1-13-7-8-16(9-14(13)2)27-22(30)18(21(29)25-23(27)31)10-15-11-26(12-20(24)28)19-6-4-3-5-17(15)19/h3-11H,12H2,1-2H3,(H2,24,28)(H,25,29,31)/b18-10+. The Hall–Kier alpha value is -4.20. The van der Waals surface area contributed by atoms with Gasteiger partial charge in [-0.3, -0.25) is 19.7 Å². The number of barbiturate groups is 1. The largest absolute Gasteiger partial charge is 0.368 e. The zero-order valence-corrected chi connectivity index (χ0v) is 17.0. The van der Waals surface area contributed by atoms with Crippen LogP contribution in [-0.2, 0) is 20.9 Å². The summed E-state index contributed by atoms with van der Waals surface area (Å²) in [6, 6.07) is 11.6. The number of carbonyl (C=O) groups is 4. The number of nitrogens with zero attached hydrogens (tertiary/aromatic N) is 2. The average molecular weight is 416 g/mol. The number of hydrogen-bond acceptors (Lipinski definition) is 4. The molecule has 1 aromatic heterocycles. The lowest BCUT2D eigenvalue weighted by Crippen LogP contribution is -2.54. The SMILES string of the molecule is Cc1ccc(N2C(=O)NC(=O)/C(=C\c3cn(CC(N)=O)c4ccccc34)C2=O)cc1C. The number of hydrogen-bond donors (Lipinski definition) is 2. The van der Waals surface area contributed by atoms with Crippen LogP contribution in [0.2, 0.25) is 0 Å². The number of anilines is 1. The van der Waals surface area contributed by atoms with Crippen LogP contribution in [0.5, 0.6) is 0 Å². The van der Waals surface area contributed by atoms with E-state index in [1.807, 2.05) is 44.2 Å². The van der Waals surface area contributed by atoms with Gasteiger partial charge in [0.25, 0.3) is 11.8 Å². The summed E-state index contributed by atoms with van der Waals surface area (Å²) in [7, 11) is 0. The Morgan fingerprint density at radius 1 is 1.06 bits per heavy atom. The second-order valence-corrected chi connectivity index (χ2v) is 7.42. The molecule has 0 bridgehead atoms. The first-order valence-electron chi connectivity index (χ1n) is 9.61. The van der Waals surface area contributed by atoms with Gasteiger partial charge >= 0.3 is 6.03 Å². The highest BCUT2D eigenvalue weighted by molar-refractivity contribution is 6.39. The molecule has 5 amide bonds. The number of aromatic nitrogens is 1. The zero-order chi connectivity index (χ0) is 22.3. The van der Waals surface area contributed by atoms with Crippen LogP contribution in [0.25, 0.3) is 17.0 Å². The van der Waals surface area contributed by atoms with Crippen LogP contribution in [0.1, 0.15) is 16.7 Å². The van der Waals surface area contributed by atoms with Crippen molar-refractivity contribution in [2.75, 3.05) is 4.90 Å². The molecular formula is C23H20N4O4. The fourth-order valence-corrected chi connectivity index (χ4v) is 3.60. The number of rotatable bonds is 4. The zero-order valence-electron chi connectivity index (χ0n) is 17.0. The van der Waals surface area contributed by atoms with Gasteiger partial charge < -0.3 is 10.3 Å². The normalized spacial score (nSPS) is 15.6. The number of carbonyl (C=O) groups excluding carboxylic acids is 4. The number of imide groups is 2. The predicted molar refractivity (Wildman–Crippen MR) is 116 cm³/mol. The molecule has 8 nitrogen and oxygen atoms in total. The number of amides is 5. The maximum Gasteiger partial charge on any atom is 0.335 e. The van der Waals surface area contributed by atoms with Crippen LogP contribution >= 0.6 is 0 Å². The van der Waals surface area contributed by atoms with E-state index in [4.69, 9.17) is 5.73 Å². The average Bonchev–Trinajstić information content (AvgIpc) is 3.04. The number of aryl methyl sites for hydroxylation is 2. The number of primary amides is 1. The van der Waals surface area contributed by atoms with Crippen molar-refractivity contribution in [1.82, 2.24) is 9.88 Å². The molecule has 1 aliphatic rings. The first-order chi connectivity index (χ1) is 14.8. The quantitative estimate of drug-likeness (QED) is 0.502. The first kappa shape index (κ1) is 20.1. The lowest BCUT2D eigenvalue weighted by molar-refractivity contribution is -0.122. The van der Waals surface area contributed by atoms with Crippen LogP contribution in [0, 0.1) is 13.8 Å². The minimum atomic E-state index is -0.799. The molecule has 0 radical (unpaired) electrons. The molecule has 2 heterocycles. The van der Waals surface area contributed by atoms with Gasteiger partial charge in [-0.05, 0) is 49.2 Å². The minimum absolute atomic E-state index is 0.0446. The number of fused-ring (bicyclic) bond motifs is 1. The van der Waals surface area contributed by atoms with Crippen LogP contribution in [0.15, 0.2) is 54.2 Å². The molecule has 3 N–H and O–H groups in total. The molecule has 2 aromatic carbocycles. The van der Waals surface area contributed by atoms with Crippen molar-refractivity contribution in [3.63, 3.8) is 0 Å². The molecule has 4 rings (SSSR count). The lowest BCUT2D eigenvalue weighted by Gasteiger charge is -2.26. The molecule has 0 spiro atoms. The van der Waals surface area contributed by atoms with Crippen molar-refractivity contribution >= 4 is 46.4 Å². The van der Waals surface area contributed by atoms with Gasteiger partial charge in [0.15, 0.2) is 0 Å². The van der Waals surface area contributed by atoms with Gasteiger partial charge in [0.05, 0.1) is 5.69 Å². The van der Waals surface area contributed by atoms with E-state index in [1.165, 1.54) is 6.08 Å². The summed E-state index contributed by atoms with van der Waals surface area (Å²) >= 11 is 0. The molecular weight excluding hydrogens is 396 g/mol. The van der Waals surface area contributed by atoms with E-state index in [9.17, 15) is 19.2 Å². The Morgan fingerprint density at radius 2 is 1.81 bits per heavy atom. The summed E-state index contributed by atoms with van der Waals surface area (Å²) in [5.41, 5.74) is 8.75. The molecule has 0 aliphatic carbocycles. The smallest absolute Gasteiger partial charge is 0.335 e. The predicted octanol–water partition coefficient (Wildman–Crippen LogP) is 2.41. The topological polar surface area (TPSA) is 114 Å². The van der Waals surface area contributed by atoms with Gasteiger partial charge in [0, 0.05) is 22.7 Å². The number of nitrogens with two attached hydrogens (primary N) is 1. The van der Waals surface area contributed by atoms with Crippen LogP contribution in [-0.4, -0.2) is 28.3 Å². The van der Waals surface area contributed by atoms with Gasteiger partial charge in [0.2, 0.25) is 5.91 Å².